The van der Waals surface area contributed by atoms with E-state index in [1.165, 1.54) is 24.3 Å². The van der Waals surface area contributed by atoms with Crippen molar-refractivity contribution in [2.75, 3.05) is 19.0 Å². The average Bonchev–Trinajstić information content (AvgIpc) is 2.67. The summed E-state index contributed by atoms with van der Waals surface area (Å²) in [5.74, 6) is 0.778. The van der Waals surface area contributed by atoms with E-state index in [-0.39, 0.29) is 23.5 Å². The van der Waals surface area contributed by atoms with Gasteiger partial charge in [-0.15, -0.1) is 0 Å². The minimum absolute atomic E-state index is 0.146. The molecule has 0 aliphatic rings. The van der Waals surface area contributed by atoms with Gasteiger partial charge in [0.1, 0.15) is 11.5 Å². The van der Waals surface area contributed by atoms with Crippen molar-refractivity contribution in [2.24, 2.45) is 0 Å². The monoisotopic (exact) mass is 392 g/mol. The second-order valence-electron chi connectivity index (χ2n) is 5.97. The van der Waals surface area contributed by atoms with Crippen LogP contribution in [0.4, 0.5) is 5.69 Å². The Morgan fingerprint density at radius 2 is 1.63 bits per heavy atom. The van der Waals surface area contributed by atoms with Gasteiger partial charge in [0.2, 0.25) is 10.0 Å². The van der Waals surface area contributed by atoms with Gasteiger partial charge in [-0.1, -0.05) is 6.92 Å². The number of hydrogen-bond donors (Lipinski definition) is 2. The molecule has 2 aromatic rings. The lowest BCUT2D eigenvalue weighted by Gasteiger charge is -2.12. The number of sulfonamides is 1. The summed E-state index contributed by atoms with van der Waals surface area (Å²) < 4.78 is 37.4. The molecule has 0 aromatic heterocycles. The fraction of sp³-hybridized carbons (Fsp3) is 0.316. The Morgan fingerprint density at radius 3 is 2.19 bits per heavy atom. The highest BCUT2D eigenvalue weighted by Gasteiger charge is 2.16. The number of benzene rings is 2. The molecule has 0 aliphatic heterocycles. The van der Waals surface area contributed by atoms with Gasteiger partial charge in [0.05, 0.1) is 12.0 Å². The van der Waals surface area contributed by atoms with Crippen LogP contribution in [0.2, 0.25) is 0 Å². The van der Waals surface area contributed by atoms with Crippen molar-refractivity contribution in [1.82, 2.24) is 4.72 Å². The Hall–Kier alpha value is -2.58. The van der Waals surface area contributed by atoms with Crippen LogP contribution in [-0.4, -0.2) is 34.1 Å². The zero-order valence-corrected chi connectivity index (χ0v) is 16.4. The first-order chi connectivity index (χ1) is 12.8. The minimum atomic E-state index is -3.56. The van der Waals surface area contributed by atoms with E-state index in [0.29, 0.717) is 23.6 Å². The summed E-state index contributed by atoms with van der Waals surface area (Å²) in [5, 5.41) is 2.70. The molecule has 146 valence electrons. The average molecular weight is 392 g/mol. The number of amides is 1. The van der Waals surface area contributed by atoms with E-state index in [1.54, 1.807) is 38.3 Å². The summed E-state index contributed by atoms with van der Waals surface area (Å²) in [5.41, 5.74) is 0.627. The van der Waals surface area contributed by atoms with E-state index < -0.39 is 10.0 Å². The lowest BCUT2D eigenvalue weighted by Crippen LogP contribution is -2.31. The molecule has 0 fully saturated rings. The largest absolute Gasteiger partial charge is 0.497 e. The molecule has 2 rings (SSSR count). The number of methoxy groups -OCH3 is 1. The summed E-state index contributed by atoms with van der Waals surface area (Å²) in [6, 6.07) is 12.7. The SMILES string of the molecule is CC[C@@H](C)NS(=O)(=O)c1ccc(OCC(=O)Nc2ccc(OC)cc2)cc1. The third-order valence-electron chi connectivity index (χ3n) is 3.85. The maximum atomic E-state index is 12.2. The zero-order chi connectivity index (χ0) is 19.9. The standard InChI is InChI=1S/C19H24N2O5S/c1-4-14(2)21-27(23,24)18-11-9-17(10-12-18)26-13-19(22)20-15-5-7-16(25-3)8-6-15/h5-12,14,21H,4,13H2,1-3H3,(H,20,22)/t14-/m1/s1. The lowest BCUT2D eigenvalue weighted by atomic mass is 10.3. The summed E-state index contributed by atoms with van der Waals surface area (Å²) in [4.78, 5) is 12.1. The smallest absolute Gasteiger partial charge is 0.262 e. The summed E-state index contributed by atoms with van der Waals surface area (Å²) in [6.07, 6.45) is 0.698. The van der Waals surface area contributed by atoms with Crippen LogP contribution >= 0.6 is 0 Å². The lowest BCUT2D eigenvalue weighted by molar-refractivity contribution is -0.118. The van der Waals surface area contributed by atoms with E-state index in [1.807, 2.05) is 6.92 Å². The Labute approximate surface area is 159 Å². The highest BCUT2D eigenvalue weighted by molar-refractivity contribution is 7.89. The first-order valence-corrected chi connectivity index (χ1v) is 10.0. The minimum Gasteiger partial charge on any atom is -0.497 e. The third-order valence-corrected chi connectivity index (χ3v) is 5.45. The Balaban J connectivity index is 1.89. The maximum absolute atomic E-state index is 12.2. The Morgan fingerprint density at radius 1 is 1.04 bits per heavy atom. The second kappa shape index (κ2) is 9.38. The molecule has 8 heteroatoms. The Bertz CT molecular complexity index is 849. The maximum Gasteiger partial charge on any atom is 0.262 e. The fourth-order valence-electron chi connectivity index (χ4n) is 2.15. The molecular formula is C19H24N2O5S. The van der Waals surface area contributed by atoms with Crippen LogP contribution in [-0.2, 0) is 14.8 Å². The number of ether oxygens (including phenoxy) is 2. The number of nitrogens with one attached hydrogen (secondary N) is 2. The molecule has 7 nitrogen and oxygen atoms in total. The van der Waals surface area contributed by atoms with Gasteiger partial charge in [-0.3, -0.25) is 4.79 Å². The highest BCUT2D eigenvalue weighted by Crippen LogP contribution is 2.17. The van der Waals surface area contributed by atoms with Crippen molar-refractivity contribution in [1.29, 1.82) is 0 Å². The predicted octanol–water partition coefficient (Wildman–Crippen LogP) is 2.79. The van der Waals surface area contributed by atoms with Gasteiger partial charge in [-0.25, -0.2) is 13.1 Å². The van der Waals surface area contributed by atoms with Gasteiger partial charge in [0, 0.05) is 11.7 Å². The van der Waals surface area contributed by atoms with Crippen molar-refractivity contribution < 1.29 is 22.7 Å². The fourth-order valence-corrected chi connectivity index (χ4v) is 3.48. The molecule has 0 unspecified atom stereocenters. The van der Waals surface area contributed by atoms with Crippen LogP contribution in [0, 0.1) is 0 Å². The molecule has 0 radical (unpaired) electrons. The zero-order valence-electron chi connectivity index (χ0n) is 15.6. The highest BCUT2D eigenvalue weighted by atomic mass is 32.2. The molecule has 0 saturated carbocycles. The molecule has 0 heterocycles. The van der Waals surface area contributed by atoms with Gasteiger partial charge < -0.3 is 14.8 Å². The molecule has 1 atom stereocenters. The van der Waals surface area contributed by atoms with E-state index in [9.17, 15) is 13.2 Å². The number of carbonyl (C=O) groups excluding carboxylic acids is 1. The first-order valence-electron chi connectivity index (χ1n) is 8.53. The number of carbonyl (C=O) groups is 1. The van der Waals surface area contributed by atoms with Crippen molar-refractivity contribution >= 4 is 21.6 Å². The van der Waals surface area contributed by atoms with Gasteiger partial charge >= 0.3 is 0 Å². The number of rotatable bonds is 9. The van der Waals surface area contributed by atoms with Crippen molar-refractivity contribution in [3.8, 4) is 11.5 Å². The van der Waals surface area contributed by atoms with Crippen LogP contribution in [0.5, 0.6) is 11.5 Å². The van der Waals surface area contributed by atoms with Gasteiger partial charge in [0.25, 0.3) is 5.91 Å². The van der Waals surface area contributed by atoms with Gasteiger partial charge in [-0.2, -0.15) is 0 Å². The van der Waals surface area contributed by atoms with Crippen LogP contribution < -0.4 is 19.5 Å². The van der Waals surface area contributed by atoms with Crippen molar-refractivity contribution in [3.05, 3.63) is 48.5 Å². The number of hydrogen-bond acceptors (Lipinski definition) is 5. The molecular weight excluding hydrogens is 368 g/mol. The van der Waals surface area contributed by atoms with E-state index in [4.69, 9.17) is 9.47 Å². The van der Waals surface area contributed by atoms with E-state index >= 15 is 0 Å². The molecule has 0 spiro atoms. The normalized spacial score (nSPS) is 12.3. The molecule has 0 aliphatic carbocycles. The second-order valence-corrected chi connectivity index (χ2v) is 7.68. The molecule has 27 heavy (non-hydrogen) atoms. The van der Waals surface area contributed by atoms with Crippen molar-refractivity contribution in [2.45, 2.75) is 31.2 Å². The van der Waals surface area contributed by atoms with Gasteiger partial charge in [0.15, 0.2) is 6.61 Å². The van der Waals surface area contributed by atoms with Crippen LogP contribution in [0.25, 0.3) is 0 Å². The molecule has 0 bridgehead atoms. The molecule has 0 saturated heterocycles. The topological polar surface area (TPSA) is 93.7 Å². The van der Waals surface area contributed by atoms with Crippen molar-refractivity contribution in [3.63, 3.8) is 0 Å². The molecule has 2 aromatic carbocycles. The summed E-state index contributed by atoms with van der Waals surface area (Å²) in [7, 11) is -1.99. The van der Waals surface area contributed by atoms with Crippen LogP contribution in [0.15, 0.2) is 53.4 Å². The number of anilines is 1. The quantitative estimate of drug-likeness (QED) is 0.684. The Kier molecular flexibility index (Phi) is 7.20. The summed E-state index contributed by atoms with van der Waals surface area (Å²) >= 11 is 0. The van der Waals surface area contributed by atoms with Crippen LogP contribution in [0.3, 0.4) is 0 Å². The predicted molar refractivity (Wildman–Crippen MR) is 104 cm³/mol. The van der Waals surface area contributed by atoms with E-state index in [2.05, 4.69) is 10.0 Å². The van der Waals surface area contributed by atoms with Crippen LogP contribution in [0.1, 0.15) is 20.3 Å². The molecule has 2 N–H and O–H groups in total. The van der Waals surface area contributed by atoms with E-state index in [0.717, 1.165) is 0 Å². The molecule has 1 amide bonds. The van der Waals surface area contributed by atoms with Gasteiger partial charge in [-0.05, 0) is 61.9 Å². The summed E-state index contributed by atoms with van der Waals surface area (Å²) in [6.45, 7) is 3.51. The third kappa shape index (κ3) is 6.26. The first kappa shape index (κ1) is 20.7.